The number of benzene rings is 1. The third kappa shape index (κ3) is 4.25. The van der Waals surface area contributed by atoms with E-state index in [-0.39, 0.29) is 23.0 Å². The average Bonchev–Trinajstić information content (AvgIpc) is 2.46. The molecule has 1 aliphatic carbocycles. The highest BCUT2D eigenvalue weighted by molar-refractivity contribution is 7.91. The molecule has 1 fully saturated rings. The van der Waals surface area contributed by atoms with Crippen molar-refractivity contribution in [2.75, 3.05) is 6.26 Å². The Labute approximate surface area is 125 Å². The van der Waals surface area contributed by atoms with E-state index in [0.717, 1.165) is 12.8 Å². The SMILES string of the molecule is CS(=O)(=O)C1CCCC(C(Cc2ccccc2F)NN)C1. The van der Waals surface area contributed by atoms with E-state index in [1.54, 1.807) is 18.2 Å². The molecule has 0 amide bonds. The van der Waals surface area contributed by atoms with Crippen LogP contribution in [0.3, 0.4) is 0 Å². The fraction of sp³-hybridized carbons (Fsp3) is 0.600. The summed E-state index contributed by atoms with van der Waals surface area (Å²) in [6.07, 6.45) is 4.88. The molecule has 3 atom stereocenters. The minimum absolute atomic E-state index is 0.105. The third-order valence-electron chi connectivity index (χ3n) is 4.45. The van der Waals surface area contributed by atoms with Gasteiger partial charge in [0.25, 0.3) is 0 Å². The summed E-state index contributed by atoms with van der Waals surface area (Å²) in [6, 6.07) is 6.53. The van der Waals surface area contributed by atoms with Crippen LogP contribution in [0.5, 0.6) is 0 Å². The highest BCUT2D eigenvalue weighted by Gasteiger charge is 2.33. The van der Waals surface area contributed by atoms with Gasteiger partial charge in [0.15, 0.2) is 0 Å². The van der Waals surface area contributed by atoms with Crippen LogP contribution in [-0.4, -0.2) is 26.0 Å². The van der Waals surface area contributed by atoms with Crippen LogP contribution in [0.25, 0.3) is 0 Å². The molecule has 0 heterocycles. The van der Waals surface area contributed by atoms with Crippen molar-refractivity contribution in [2.45, 2.75) is 43.4 Å². The standard InChI is InChI=1S/C15H23FN2O2S/c1-21(19,20)13-7-4-6-12(9-13)15(18-17)10-11-5-2-3-8-14(11)16/h2-3,5,8,12-13,15,18H,4,6-7,9-10,17H2,1H3. The number of nitrogens with one attached hydrogen (secondary N) is 1. The molecule has 2 rings (SSSR count). The summed E-state index contributed by atoms with van der Waals surface area (Å²) in [5.41, 5.74) is 3.37. The molecule has 3 unspecified atom stereocenters. The molecule has 0 bridgehead atoms. The van der Waals surface area contributed by atoms with Crippen LogP contribution in [0.1, 0.15) is 31.2 Å². The average molecular weight is 314 g/mol. The smallest absolute Gasteiger partial charge is 0.150 e. The summed E-state index contributed by atoms with van der Waals surface area (Å²) in [4.78, 5) is 0. The van der Waals surface area contributed by atoms with Crippen molar-refractivity contribution < 1.29 is 12.8 Å². The lowest BCUT2D eigenvalue weighted by Gasteiger charge is -2.33. The maximum Gasteiger partial charge on any atom is 0.150 e. The van der Waals surface area contributed by atoms with Gasteiger partial charge in [0.2, 0.25) is 0 Å². The Bertz CT molecular complexity index is 577. The Morgan fingerprint density at radius 2 is 2.10 bits per heavy atom. The molecule has 0 radical (unpaired) electrons. The first-order valence-corrected chi connectivity index (χ1v) is 9.25. The first-order valence-electron chi connectivity index (χ1n) is 7.30. The predicted molar refractivity (Wildman–Crippen MR) is 81.8 cm³/mol. The van der Waals surface area contributed by atoms with Crippen molar-refractivity contribution in [3.8, 4) is 0 Å². The molecule has 1 aromatic carbocycles. The quantitative estimate of drug-likeness (QED) is 0.642. The topological polar surface area (TPSA) is 72.2 Å². The monoisotopic (exact) mass is 314 g/mol. The number of halogens is 1. The summed E-state index contributed by atoms with van der Waals surface area (Å²) in [5.74, 6) is 5.55. The van der Waals surface area contributed by atoms with Gasteiger partial charge in [-0.1, -0.05) is 24.6 Å². The van der Waals surface area contributed by atoms with E-state index >= 15 is 0 Å². The van der Waals surface area contributed by atoms with Gasteiger partial charge >= 0.3 is 0 Å². The van der Waals surface area contributed by atoms with E-state index in [1.807, 2.05) is 0 Å². The molecule has 1 aliphatic rings. The van der Waals surface area contributed by atoms with E-state index < -0.39 is 9.84 Å². The molecule has 3 N–H and O–H groups in total. The van der Waals surface area contributed by atoms with E-state index in [4.69, 9.17) is 5.84 Å². The van der Waals surface area contributed by atoms with Crippen LogP contribution in [0, 0.1) is 11.7 Å². The molecule has 0 saturated heterocycles. The van der Waals surface area contributed by atoms with Crippen LogP contribution < -0.4 is 11.3 Å². The lowest BCUT2D eigenvalue weighted by Crippen LogP contribution is -2.45. The van der Waals surface area contributed by atoms with Gasteiger partial charge in [0.1, 0.15) is 15.7 Å². The minimum Gasteiger partial charge on any atom is -0.271 e. The molecule has 0 spiro atoms. The zero-order chi connectivity index (χ0) is 15.5. The second kappa shape index (κ2) is 6.85. The molecule has 0 aromatic heterocycles. The van der Waals surface area contributed by atoms with E-state index in [0.29, 0.717) is 24.8 Å². The highest BCUT2D eigenvalue weighted by Crippen LogP contribution is 2.31. The van der Waals surface area contributed by atoms with Gasteiger partial charge in [-0.3, -0.25) is 11.3 Å². The van der Waals surface area contributed by atoms with E-state index in [9.17, 15) is 12.8 Å². The van der Waals surface area contributed by atoms with Gasteiger partial charge in [-0.25, -0.2) is 12.8 Å². The summed E-state index contributed by atoms with van der Waals surface area (Å²) >= 11 is 0. The zero-order valence-corrected chi connectivity index (χ0v) is 13.1. The molecule has 1 saturated carbocycles. The summed E-state index contributed by atoms with van der Waals surface area (Å²) in [7, 11) is -3.02. The van der Waals surface area contributed by atoms with Crippen LogP contribution in [0.2, 0.25) is 0 Å². The van der Waals surface area contributed by atoms with Gasteiger partial charge < -0.3 is 0 Å². The Balaban J connectivity index is 2.09. The number of sulfone groups is 1. The van der Waals surface area contributed by atoms with Gasteiger partial charge in [-0.05, 0) is 43.2 Å². The van der Waals surface area contributed by atoms with E-state index in [1.165, 1.54) is 12.3 Å². The highest BCUT2D eigenvalue weighted by atomic mass is 32.2. The second-order valence-corrected chi connectivity index (χ2v) is 8.27. The molecular weight excluding hydrogens is 291 g/mol. The molecule has 21 heavy (non-hydrogen) atoms. The van der Waals surface area contributed by atoms with Crippen molar-refractivity contribution in [3.63, 3.8) is 0 Å². The Kier molecular flexibility index (Phi) is 5.35. The predicted octanol–water partition coefficient (Wildman–Crippen LogP) is 1.80. The van der Waals surface area contributed by atoms with Gasteiger partial charge in [0.05, 0.1) is 5.25 Å². The lowest BCUT2D eigenvalue weighted by molar-refractivity contribution is 0.268. The fourth-order valence-electron chi connectivity index (χ4n) is 3.20. The Hall–Kier alpha value is -0.980. The molecule has 1 aromatic rings. The summed E-state index contributed by atoms with van der Waals surface area (Å²) < 4.78 is 37.2. The van der Waals surface area contributed by atoms with Crippen LogP contribution in [0.15, 0.2) is 24.3 Å². The minimum atomic E-state index is -3.02. The van der Waals surface area contributed by atoms with E-state index in [2.05, 4.69) is 5.43 Å². The fourth-order valence-corrected chi connectivity index (χ4v) is 4.39. The normalized spacial score (nSPS) is 24.7. The summed E-state index contributed by atoms with van der Waals surface area (Å²) in [6.45, 7) is 0. The van der Waals surface area contributed by atoms with Crippen molar-refractivity contribution in [1.82, 2.24) is 5.43 Å². The molecular formula is C15H23FN2O2S. The first kappa shape index (κ1) is 16.4. The number of hydrogen-bond donors (Lipinski definition) is 2. The second-order valence-electron chi connectivity index (χ2n) is 5.95. The lowest BCUT2D eigenvalue weighted by atomic mass is 9.81. The molecule has 4 nitrogen and oxygen atoms in total. The van der Waals surface area contributed by atoms with Gasteiger partial charge in [0, 0.05) is 12.3 Å². The largest absolute Gasteiger partial charge is 0.271 e. The van der Waals surface area contributed by atoms with Crippen LogP contribution in [-0.2, 0) is 16.3 Å². The molecule has 118 valence electrons. The van der Waals surface area contributed by atoms with Crippen LogP contribution in [0.4, 0.5) is 4.39 Å². The first-order chi connectivity index (χ1) is 9.91. The van der Waals surface area contributed by atoms with Crippen molar-refractivity contribution >= 4 is 9.84 Å². The zero-order valence-electron chi connectivity index (χ0n) is 12.3. The van der Waals surface area contributed by atoms with Crippen molar-refractivity contribution in [2.24, 2.45) is 11.8 Å². The number of hydrogen-bond acceptors (Lipinski definition) is 4. The Morgan fingerprint density at radius 3 is 2.71 bits per heavy atom. The maximum absolute atomic E-state index is 13.8. The van der Waals surface area contributed by atoms with Gasteiger partial charge in [-0.15, -0.1) is 0 Å². The Morgan fingerprint density at radius 1 is 1.38 bits per heavy atom. The van der Waals surface area contributed by atoms with Crippen LogP contribution >= 0.6 is 0 Å². The number of hydrazine groups is 1. The molecule has 0 aliphatic heterocycles. The maximum atomic E-state index is 13.8. The summed E-state index contributed by atoms with van der Waals surface area (Å²) in [5, 5.41) is -0.298. The number of nitrogens with two attached hydrogens (primary N) is 1. The van der Waals surface area contributed by atoms with Crippen molar-refractivity contribution in [1.29, 1.82) is 0 Å². The molecule has 6 heteroatoms. The van der Waals surface area contributed by atoms with Gasteiger partial charge in [-0.2, -0.15) is 0 Å². The number of rotatable bonds is 5. The van der Waals surface area contributed by atoms with Crippen molar-refractivity contribution in [3.05, 3.63) is 35.6 Å². The third-order valence-corrected chi connectivity index (χ3v) is 6.09.